The first-order valence-corrected chi connectivity index (χ1v) is 9.69. The molecule has 0 aromatic heterocycles. The number of anilines is 1. The summed E-state index contributed by atoms with van der Waals surface area (Å²) in [6, 6.07) is 6.19. The Kier molecular flexibility index (Phi) is 5.17. The molecule has 3 rings (SSSR count). The summed E-state index contributed by atoms with van der Waals surface area (Å²) in [6.07, 6.45) is 8.66. The molecule has 1 saturated heterocycles. The Morgan fingerprint density at radius 2 is 2.13 bits per heavy atom. The fraction of sp³-hybridized carbons (Fsp3) is 0.611. The Hall–Kier alpha value is -1.20. The lowest BCUT2D eigenvalue weighted by atomic mass is 9.89. The summed E-state index contributed by atoms with van der Waals surface area (Å²) in [5.74, 6) is 0. The summed E-state index contributed by atoms with van der Waals surface area (Å²) in [5, 5.41) is 6.20. The van der Waals surface area contributed by atoms with Crippen molar-refractivity contribution in [2.75, 3.05) is 18.2 Å². The Morgan fingerprint density at radius 3 is 2.87 bits per heavy atom. The topological polar surface area (TPSA) is 50.4 Å². The quantitative estimate of drug-likeness (QED) is 0.809. The number of ether oxygens (including phenoxy) is 1. The summed E-state index contributed by atoms with van der Waals surface area (Å²) < 4.78 is 6.04. The van der Waals surface area contributed by atoms with E-state index in [9.17, 15) is 4.79 Å². The first-order valence-electron chi connectivity index (χ1n) is 8.47. The van der Waals surface area contributed by atoms with Crippen LogP contribution in [-0.4, -0.2) is 30.5 Å². The zero-order valence-corrected chi connectivity index (χ0v) is 14.8. The lowest BCUT2D eigenvalue weighted by Gasteiger charge is -2.38. The third-order valence-corrected chi connectivity index (χ3v) is 5.82. The van der Waals surface area contributed by atoms with E-state index in [0.717, 1.165) is 48.4 Å². The second kappa shape index (κ2) is 7.14. The number of nitrogens with one attached hydrogen (secondary N) is 2. The van der Waals surface area contributed by atoms with Gasteiger partial charge < -0.3 is 15.4 Å². The second-order valence-corrected chi connectivity index (χ2v) is 7.53. The van der Waals surface area contributed by atoms with E-state index in [1.165, 1.54) is 12.8 Å². The van der Waals surface area contributed by atoms with Crippen molar-refractivity contribution in [1.82, 2.24) is 5.32 Å². The van der Waals surface area contributed by atoms with Gasteiger partial charge in [0, 0.05) is 17.5 Å². The van der Waals surface area contributed by atoms with Gasteiger partial charge in [0.15, 0.2) is 0 Å². The van der Waals surface area contributed by atoms with Gasteiger partial charge in [-0.05, 0) is 50.5 Å². The third-order valence-electron chi connectivity index (χ3n) is 5.04. The minimum Gasteiger partial charge on any atom is -0.375 e. The van der Waals surface area contributed by atoms with E-state index in [2.05, 4.69) is 10.6 Å². The smallest absolute Gasteiger partial charge is 0.319 e. The normalized spacial score (nSPS) is 23.0. The lowest BCUT2D eigenvalue weighted by Crippen LogP contribution is -2.48. The Balaban J connectivity index is 1.61. The molecule has 1 aliphatic heterocycles. The summed E-state index contributed by atoms with van der Waals surface area (Å²) in [5.41, 5.74) is 2.04. The first kappa shape index (κ1) is 16.7. The maximum Gasteiger partial charge on any atom is 0.319 e. The van der Waals surface area contributed by atoms with Gasteiger partial charge in [0.2, 0.25) is 0 Å². The number of rotatable bonds is 3. The predicted molar refractivity (Wildman–Crippen MR) is 95.3 cm³/mol. The molecule has 2 amide bonds. The number of amides is 2. The molecule has 1 aromatic rings. The molecule has 4 nitrogen and oxygen atoms in total. The molecule has 1 aromatic carbocycles. The van der Waals surface area contributed by atoms with Crippen molar-refractivity contribution in [3.63, 3.8) is 0 Å². The third kappa shape index (κ3) is 3.83. The highest BCUT2D eigenvalue weighted by Crippen LogP contribution is 2.40. The molecule has 1 unspecified atom stereocenters. The summed E-state index contributed by atoms with van der Waals surface area (Å²) >= 11 is 1.65. The SMILES string of the molecule is CSc1cccc(C)c1NC(=O)NC1CCOC2(CCCC2)C1. The lowest BCUT2D eigenvalue weighted by molar-refractivity contribution is -0.0818. The molecule has 1 saturated carbocycles. The maximum absolute atomic E-state index is 12.4. The van der Waals surface area contributed by atoms with Gasteiger partial charge in [-0.3, -0.25) is 0 Å². The zero-order valence-electron chi connectivity index (χ0n) is 14.0. The van der Waals surface area contributed by atoms with Crippen LogP contribution in [0.25, 0.3) is 0 Å². The van der Waals surface area contributed by atoms with Crippen LogP contribution >= 0.6 is 11.8 Å². The first-order chi connectivity index (χ1) is 11.1. The summed E-state index contributed by atoms with van der Waals surface area (Å²) in [4.78, 5) is 13.5. The molecular weight excluding hydrogens is 308 g/mol. The number of benzene rings is 1. The second-order valence-electron chi connectivity index (χ2n) is 6.68. The maximum atomic E-state index is 12.4. The van der Waals surface area contributed by atoms with Crippen molar-refractivity contribution >= 4 is 23.5 Å². The summed E-state index contributed by atoms with van der Waals surface area (Å²) in [6.45, 7) is 2.78. The van der Waals surface area contributed by atoms with Crippen molar-refractivity contribution in [3.05, 3.63) is 23.8 Å². The Bertz CT molecular complexity index is 570. The number of urea groups is 1. The number of para-hydroxylation sites is 1. The average molecular weight is 334 g/mol. The molecule has 1 atom stereocenters. The van der Waals surface area contributed by atoms with Crippen LogP contribution in [0, 0.1) is 6.92 Å². The molecule has 0 bridgehead atoms. The van der Waals surface area contributed by atoms with Crippen molar-refractivity contribution < 1.29 is 9.53 Å². The van der Waals surface area contributed by atoms with Gasteiger partial charge in [-0.15, -0.1) is 11.8 Å². The van der Waals surface area contributed by atoms with Crippen molar-refractivity contribution in [1.29, 1.82) is 0 Å². The van der Waals surface area contributed by atoms with Crippen LogP contribution in [0.4, 0.5) is 10.5 Å². The standard InChI is InChI=1S/C18H26N2O2S/c1-13-6-5-7-15(23-2)16(13)20-17(21)19-14-8-11-22-18(12-14)9-3-4-10-18/h5-7,14H,3-4,8-12H2,1-2H3,(H2,19,20,21). The van der Waals surface area contributed by atoms with Crippen molar-refractivity contribution in [3.8, 4) is 0 Å². The van der Waals surface area contributed by atoms with Crippen LogP contribution in [0.2, 0.25) is 0 Å². The van der Waals surface area contributed by atoms with Gasteiger partial charge in [0.1, 0.15) is 0 Å². The van der Waals surface area contributed by atoms with Crippen molar-refractivity contribution in [2.45, 2.75) is 62.0 Å². The van der Waals surface area contributed by atoms with Gasteiger partial charge >= 0.3 is 6.03 Å². The molecule has 126 valence electrons. The Morgan fingerprint density at radius 1 is 1.35 bits per heavy atom. The largest absolute Gasteiger partial charge is 0.375 e. The van der Waals surface area contributed by atoms with Crippen LogP contribution in [0.5, 0.6) is 0 Å². The number of aryl methyl sites for hydroxylation is 1. The highest BCUT2D eigenvalue weighted by Gasteiger charge is 2.40. The van der Waals surface area contributed by atoms with Gasteiger partial charge in [-0.2, -0.15) is 0 Å². The van der Waals surface area contributed by atoms with E-state index in [-0.39, 0.29) is 17.7 Å². The molecule has 2 aliphatic rings. The van der Waals surface area contributed by atoms with E-state index in [4.69, 9.17) is 4.74 Å². The van der Waals surface area contributed by atoms with Crippen LogP contribution in [-0.2, 0) is 4.74 Å². The van der Waals surface area contributed by atoms with Gasteiger partial charge in [-0.1, -0.05) is 25.0 Å². The van der Waals surface area contributed by atoms with Gasteiger partial charge in [0.25, 0.3) is 0 Å². The number of carbonyl (C=O) groups excluding carboxylic acids is 1. The monoisotopic (exact) mass is 334 g/mol. The van der Waals surface area contributed by atoms with Gasteiger partial charge in [0.05, 0.1) is 11.3 Å². The van der Waals surface area contributed by atoms with Crippen LogP contribution < -0.4 is 10.6 Å². The fourth-order valence-electron chi connectivity index (χ4n) is 3.82. The minimum absolute atomic E-state index is 0.0310. The molecular formula is C18H26N2O2S. The molecule has 23 heavy (non-hydrogen) atoms. The number of hydrogen-bond acceptors (Lipinski definition) is 3. The van der Waals surface area contributed by atoms with Crippen LogP contribution in [0.1, 0.15) is 44.1 Å². The number of thioether (sulfide) groups is 1. The fourth-order valence-corrected chi connectivity index (χ4v) is 4.46. The number of carbonyl (C=O) groups is 1. The highest BCUT2D eigenvalue weighted by atomic mass is 32.2. The molecule has 1 heterocycles. The molecule has 0 radical (unpaired) electrons. The van der Waals surface area contributed by atoms with E-state index in [0.29, 0.717) is 0 Å². The molecule has 1 aliphatic carbocycles. The average Bonchev–Trinajstić information content (AvgIpc) is 2.97. The molecule has 2 fully saturated rings. The van der Waals surface area contributed by atoms with E-state index >= 15 is 0 Å². The Labute approximate surface area is 142 Å². The van der Waals surface area contributed by atoms with Crippen LogP contribution in [0.15, 0.2) is 23.1 Å². The van der Waals surface area contributed by atoms with E-state index in [1.54, 1.807) is 11.8 Å². The minimum atomic E-state index is -0.102. The van der Waals surface area contributed by atoms with Crippen LogP contribution in [0.3, 0.4) is 0 Å². The molecule has 1 spiro atoms. The number of hydrogen-bond donors (Lipinski definition) is 2. The van der Waals surface area contributed by atoms with Crippen molar-refractivity contribution in [2.24, 2.45) is 0 Å². The highest BCUT2D eigenvalue weighted by molar-refractivity contribution is 7.98. The van der Waals surface area contributed by atoms with E-state index < -0.39 is 0 Å². The zero-order chi connectivity index (χ0) is 16.3. The summed E-state index contributed by atoms with van der Waals surface area (Å²) in [7, 11) is 0. The predicted octanol–water partition coefficient (Wildman–Crippen LogP) is 4.33. The molecule has 2 N–H and O–H groups in total. The van der Waals surface area contributed by atoms with Gasteiger partial charge in [-0.25, -0.2) is 4.79 Å². The van der Waals surface area contributed by atoms with E-state index in [1.807, 2.05) is 31.4 Å². The molecule has 5 heteroatoms.